The van der Waals surface area contributed by atoms with Gasteiger partial charge in [0.15, 0.2) is 5.96 Å². The molecule has 0 unspecified atom stereocenters. The molecule has 0 bridgehead atoms. The van der Waals surface area contributed by atoms with Crippen LogP contribution in [-0.4, -0.2) is 22.1 Å². The molecular weight excluding hydrogens is 240 g/mol. The molecule has 18 heavy (non-hydrogen) atoms. The van der Waals surface area contributed by atoms with Crippen LogP contribution in [-0.2, 0) is 6.54 Å². The van der Waals surface area contributed by atoms with E-state index in [1.807, 2.05) is 0 Å². The van der Waals surface area contributed by atoms with Crippen LogP contribution in [0, 0.1) is 5.92 Å². The van der Waals surface area contributed by atoms with E-state index < -0.39 is 6.55 Å². The summed E-state index contributed by atoms with van der Waals surface area (Å²) >= 11 is 0. The van der Waals surface area contributed by atoms with E-state index in [1.165, 1.54) is 31.7 Å². The molecule has 0 amide bonds. The molecule has 100 valence electrons. The fraction of sp³-hybridized carbons (Fsp3) is 0.636. The minimum Gasteiger partial charge on any atom is -0.370 e. The Hall–Kier alpha value is -1.66. The van der Waals surface area contributed by atoms with Gasteiger partial charge in [-0.3, -0.25) is 4.57 Å². The molecule has 0 aliphatic heterocycles. The summed E-state index contributed by atoms with van der Waals surface area (Å²) in [6.07, 6.45) is 6.27. The highest BCUT2D eigenvalue weighted by atomic mass is 19.3. The minimum absolute atomic E-state index is 0.0564. The molecule has 0 atom stereocenters. The maximum atomic E-state index is 12.5. The standard InChI is InChI=1S/C11H17F2N5/c12-10(13)18-5-4-15-9(18)7-17-11(14)16-6-8-2-1-3-8/h4-5,8,10H,1-3,6-7H2,(H3,14,16,17). The number of nitrogens with zero attached hydrogens (tertiary/aromatic N) is 3. The van der Waals surface area contributed by atoms with Gasteiger partial charge in [0.1, 0.15) is 12.4 Å². The van der Waals surface area contributed by atoms with Gasteiger partial charge in [-0.2, -0.15) is 8.78 Å². The second-order valence-electron chi connectivity index (χ2n) is 4.41. The van der Waals surface area contributed by atoms with Crippen molar-refractivity contribution in [3.63, 3.8) is 0 Å². The zero-order valence-electron chi connectivity index (χ0n) is 10.0. The van der Waals surface area contributed by atoms with Crippen molar-refractivity contribution in [1.29, 1.82) is 0 Å². The van der Waals surface area contributed by atoms with Gasteiger partial charge < -0.3 is 11.1 Å². The van der Waals surface area contributed by atoms with Crippen LogP contribution in [0.25, 0.3) is 0 Å². The molecule has 5 nitrogen and oxygen atoms in total. The Morgan fingerprint density at radius 3 is 3.00 bits per heavy atom. The monoisotopic (exact) mass is 257 g/mol. The van der Waals surface area contributed by atoms with Crippen molar-refractivity contribution in [2.45, 2.75) is 32.4 Å². The van der Waals surface area contributed by atoms with Crippen LogP contribution in [0.4, 0.5) is 8.78 Å². The summed E-state index contributed by atoms with van der Waals surface area (Å²) in [6, 6.07) is 0. The van der Waals surface area contributed by atoms with Crippen LogP contribution < -0.4 is 11.1 Å². The van der Waals surface area contributed by atoms with Gasteiger partial charge in [0.05, 0.1) is 0 Å². The Bertz CT molecular complexity index is 411. The summed E-state index contributed by atoms with van der Waals surface area (Å²) in [7, 11) is 0. The van der Waals surface area contributed by atoms with Crippen molar-refractivity contribution in [2.24, 2.45) is 16.6 Å². The van der Waals surface area contributed by atoms with Crippen molar-refractivity contribution in [3.8, 4) is 0 Å². The molecule has 1 aromatic heterocycles. The summed E-state index contributed by atoms with van der Waals surface area (Å²) in [5.41, 5.74) is 5.66. The van der Waals surface area contributed by atoms with E-state index in [0.717, 1.165) is 11.1 Å². The number of aromatic nitrogens is 2. The summed E-state index contributed by atoms with van der Waals surface area (Å²) < 4.78 is 25.8. The highest BCUT2D eigenvalue weighted by molar-refractivity contribution is 5.77. The topological polar surface area (TPSA) is 68.2 Å². The fourth-order valence-corrected chi connectivity index (χ4v) is 1.80. The van der Waals surface area contributed by atoms with E-state index >= 15 is 0 Å². The first-order valence-electron chi connectivity index (χ1n) is 6.00. The van der Waals surface area contributed by atoms with Crippen LogP contribution in [0.2, 0.25) is 0 Å². The van der Waals surface area contributed by atoms with Crippen molar-refractivity contribution in [1.82, 2.24) is 14.9 Å². The van der Waals surface area contributed by atoms with E-state index in [-0.39, 0.29) is 18.3 Å². The normalized spacial score (nSPS) is 16.9. The number of nitrogens with one attached hydrogen (secondary N) is 1. The van der Waals surface area contributed by atoms with Crippen molar-refractivity contribution >= 4 is 5.96 Å². The molecule has 0 radical (unpaired) electrons. The van der Waals surface area contributed by atoms with Crippen LogP contribution in [0.3, 0.4) is 0 Å². The van der Waals surface area contributed by atoms with Crippen LogP contribution >= 0.6 is 0 Å². The average molecular weight is 257 g/mol. The summed E-state index contributed by atoms with van der Waals surface area (Å²) in [6.45, 7) is -1.73. The van der Waals surface area contributed by atoms with E-state index in [0.29, 0.717) is 5.92 Å². The molecule has 3 N–H and O–H groups in total. The summed E-state index contributed by atoms with van der Waals surface area (Å²) in [5.74, 6) is 1.16. The number of alkyl halides is 2. The zero-order chi connectivity index (χ0) is 13.0. The van der Waals surface area contributed by atoms with E-state index in [4.69, 9.17) is 5.73 Å². The number of aliphatic imine (C=N–C) groups is 1. The van der Waals surface area contributed by atoms with E-state index in [2.05, 4.69) is 15.3 Å². The van der Waals surface area contributed by atoms with Gasteiger partial charge in [-0.05, 0) is 18.8 Å². The number of hydrogen-bond donors (Lipinski definition) is 2. The lowest BCUT2D eigenvalue weighted by Crippen LogP contribution is -2.37. The zero-order valence-corrected chi connectivity index (χ0v) is 10.0. The Kier molecular flexibility index (Phi) is 4.11. The summed E-state index contributed by atoms with van der Waals surface area (Å²) in [4.78, 5) is 7.83. The molecule has 2 rings (SSSR count). The smallest absolute Gasteiger partial charge is 0.319 e. The van der Waals surface area contributed by atoms with E-state index in [1.54, 1.807) is 0 Å². The number of guanidine groups is 1. The molecule has 1 heterocycles. The minimum atomic E-state index is -2.60. The Morgan fingerprint density at radius 1 is 1.61 bits per heavy atom. The molecule has 0 aromatic carbocycles. The van der Waals surface area contributed by atoms with Gasteiger partial charge in [-0.25, -0.2) is 9.98 Å². The van der Waals surface area contributed by atoms with Gasteiger partial charge >= 0.3 is 6.55 Å². The molecule has 1 fully saturated rings. The SMILES string of the molecule is NC(=NCc1nccn1C(F)F)NCC1CCC1. The lowest BCUT2D eigenvalue weighted by molar-refractivity contribution is 0.0671. The fourth-order valence-electron chi connectivity index (χ4n) is 1.80. The number of nitrogens with two attached hydrogens (primary N) is 1. The molecule has 1 aliphatic carbocycles. The van der Waals surface area contributed by atoms with Crippen molar-refractivity contribution in [3.05, 3.63) is 18.2 Å². The average Bonchev–Trinajstić information content (AvgIpc) is 2.72. The highest BCUT2D eigenvalue weighted by Gasteiger charge is 2.17. The quantitative estimate of drug-likeness (QED) is 0.620. The van der Waals surface area contributed by atoms with Crippen molar-refractivity contribution < 1.29 is 8.78 Å². The Morgan fingerprint density at radius 2 is 2.39 bits per heavy atom. The number of halogens is 2. The summed E-state index contributed by atoms with van der Waals surface area (Å²) in [5, 5.41) is 3.00. The number of hydrogen-bond acceptors (Lipinski definition) is 2. The molecule has 0 spiro atoms. The first kappa shape index (κ1) is 12.8. The van der Waals surface area contributed by atoms with Crippen LogP contribution in [0.1, 0.15) is 31.6 Å². The first-order chi connectivity index (χ1) is 8.66. The molecular formula is C11H17F2N5. The number of imidazole rings is 1. The maximum Gasteiger partial charge on any atom is 0.319 e. The third-order valence-electron chi connectivity index (χ3n) is 3.15. The van der Waals surface area contributed by atoms with Gasteiger partial charge in [0.25, 0.3) is 0 Å². The maximum absolute atomic E-state index is 12.5. The predicted octanol–water partition coefficient (Wildman–Crippen LogP) is 1.48. The van der Waals surface area contributed by atoms with Gasteiger partial charge in [0.2, 0.25) is 0 Å². The third-order valence-corrected chi connectivity index (χ3v) is 3.15. The lowest BCUT2D eigenvalue weighted by atomic mass is 9.85. The predicted molar refractivity (Wildman–Crippen MR) is 64.2 cm³/mol. The second-order valence-corrected chi connectivity index (χ2v) is 4.41. The molecule has 1 saturated carbocycles. The molecule has 0 saturated heterocycles. The molecule has 1 aliphatic rings. The van der Waals surface area contributed by atoms with Crippen LogP contribution in [0.5, 0.6) is 0 Å². The second kappa shape index (κ2) is 5.79. The van der Waals surface area contributed by atoms with Gasteiger partial charge in [0, 0.05) is 18.9 Å². The first-order valence-corrected chi connectivity index (χ1v) is 6.00. The van der Waals surface area contributed by atoms with Gasteiger partial charge in [-0.15, -0.1) is 0 Å². The van der Waals surface area contributed by atoms with E-state index in [9.17, 15) is 8.78 Å². The Balaban J connectivity index is 1.82. The Labute approximate surface area is 104 Å². The number of rotatable bonds is 5. The molecule has 1 aromatic rings. The third kappa shape index (κ3) is 3.18. The molecule has 7 heteroatoms. The highest BCUT2D eigenvalue weighted by Crippen LogP contribution is 2.24. The lowest BCUT2D eigenvalue weighted by Gasteiger charge is -2.25. The largest absolute Gasteiger partial charge is 0.370 e. The van der Waals surface area contributed by atoms with Gasteiger partial charge in [-0.1, -0.05) is 6.42 Å². The van der Waals surface area contributed by atoms with Crippen molar-refractivity contribution in [2.75, 3.05) is 6.54 Å². The van der Waals surface area contributed by atoms with Crippen LogP contribution in [0.15, 0.2) is 17.4 Å².